The number of epoxide rings is 2. The molecule has 0 aromatic carbocycles. The van der Waals surface area contributed by atoms with Gasteiger partial charge in [0.25, 0.3) is 0 Å². The number of unbranched alkanes of at least 4 members (excludes halogenated alkanes) is 28. The molecule has 2 aliphatic heterocycles. The average molecular weight is 691 g/mol. The lowest BCUT2D eigenvalue weighted by atomic mass is 9.81. The Morgan fingerprint density at radius 1 is 0.327 bits per heavy atom. The van der Waals surface area contributed by atoms with Crippen molar-refractivity contribution in [1.29, 1.82) is 0 Å². The lowest BCUT2D eigenvalue weighted by Gasteiger charge is -2.44. The summed E-state index contributed by atoms with van der Waals surface area (Å²) in [6, 6.07) is 0. The van der Waals surface area contributed by atoms with Crippen molar-refractivity contribution >= 4 is 0 Å². The third-order valence-corrected chi connectivity index (χ3v) is 12.1. The van der Waals surface area contributed by atoms with E-state index in [4.69, 9.17) is 14.2 Å². The van der Waals surface area contributed by atoms with E-state index in [1.807, 2.05) is 0 Å². The monoisotopic (exact) mass is 691 g/mol. The fraction of sp³-hybridized carbons (Fsp3) is 1.00. The zero-order chi connectivity index (χ0) is 35.1. The van der Waals surface area contributed by atoms with Gasteiger partial charge < -0.3 is 14.2 Å². The maximum atomic E-state index is 7.84. The highest BCUT2D eigenvalue weighted by atomic mass is 16.6. The molecule has 0 amide bonds. The molecule has 4 unspecified atom stereocenters. The maximum absolute atomic E-state index is 7.84. The Labute approximate surface area is 308 Å². The highest BCUT2D eigenvalue weighted by Gasteiger charge is 2.56. The first-order valence-corrected chi connectivity index (χ1v) is 23.1. The van der Waals surface area contributed by atoms with Crippen molar-refractivity contribution in [2.45, 2.75) is 282 Å². The van der Waals surface area contributed by atoms with Gasteiger partial charge in [0.15, 0.2) is 0 Å². The van der Waals surface area contributed by atoms with E-state index in [-0.39, 0.29) is 11.2 Å². The van der Waals surface area contributed by atoms with Gasteiger partial charge in [0.2, 0.25) is 0 Å². The molecule has 292 valence electrons. The summed E-state index contributed by atoms with van der Waals surface area (Å²) < 4.78 is 20.4. The van der Waals surface area contributed by atoms with Gasteiger partial charge in [0.1, 0.15) is 12.2 Å². The number of hydrogen-bond donors (Lipinski definition) is 0. The van der Waals surface area contributed by atoms with Crippen LogP contribution in [0, 0.1) is 0 Å². The predicted molar refractivity (Wildman–Crippen MR) is 215 cm³/mol. The second-order valence-electron chi connectivity index (χ2n) is 16.8. The fourth-order valence-electron chi connectivity index (χ4n) is 8.57. The van der Waals surface area contributed by atoms with Crippen molar-refractivity contribution in [3.05, 3.63) is 0 Å². The Balaban J connectivity index is 2.04. The average Bonchev–Trinajstić information content (AvgIpc) is 4.03. The zero-order valence-corrected chi connectivity index (χ0v) is 34.2. The highest BCUT2D eigenvalue weighted by molar-refractivity contribution is 5.04. The third kappa shape index (κ3) is 21.9. The molecule has 0 N–H and O–H groups in total. The lowest BCUT2D eigenvalue weighted by molar-refractivity contribution is -0.192. The summed E-state index contributed by atoms with van der Waals surface area (Å²) in [6.45, 7) is 11.1. The van der Waals surface area contributed by atoms with Crippen LogP contribution in [0.1, 0.15) is 259 Å². The van der Waals surface area contributed by atoms with Crippen LogP contribution in [0.4, 0.5) is 0 Å². The lowest BCUT2D eigenvalue weighted by Crippen LogP contribution is -2.51. The van der Waals surface area contributed by atoms with Crippen LogP contribution in [-0.4, -0.2) is 36.6 Å². The van der Waals surface area contributed by atoms with Crippen LogP contribution < -0.4 is 0 Å². The van der Waals surface area contributed by atoms with Crippen LogP contribution in [0.15, 0.2) is 0 Å². The van der Waals surface area contributed by atoms with Crippen LogP contribution in [-0.2, 0) is 14.2 Å². The molecule has 0 aliphatic carbocycles. The second-order valence-corrected chi connectivity index (χ2v) is 16.8. The van der Waals surface area contributed by atoms with Gasteiger partial charge in [0.05, 0.1) is 24.4 Å². The molecular formula is C46H90O3. The van der Waals surface area contributed by atoms with Crippen molar-refractivity contribution in [3.8, 4) is 0 Å². The quantitative estimate of drug-likeness (QED) is 0.0474. The standard InChI is InChI=1S/C46H90O3/c1-5-9-13-17-21-23-25-27-31-35-39-45(43-41-47-43,37-33-29-19-15-11-7-3)49-46(44-42-48-44,38-34-30-20-16-12-8-4)40-36-32-28-26-24-22-18-14-10-6-2/h43-44H,5-42H2,1-4H3. The molecule has 0 radical (unpaired) electrons. The summed E-state index contributed by atoms with van der Waals surface area (Å²) in [4.78, 5) is 0. The molecule has 2 heterocycles. The summed E-state index contributed by atoms with van der Waals surface area (Å²) in [5.41, 5.74) is -0.227. The SMILES string of the molecule is CCCCCCCCCCCCC(CCCCCCCC)(OC(CCCCCCCC)(CCCCCCCCCCCC)C1CO1)C1CO1. The molecule has 2 saturated heterocycles. The van der Waals surface area contributed by atoms with Gasteiger partial charge in [-0.3, -0.25) is 0 Å². The minimum Gasteiger partial charge on any atom is -0.370 e. The Kier molecular flexibility index (Phi) is 27.9. The molecule has 3 heteroatoms. The molecule has 0 bridgehead atoms. The van der Waals surface area contributed by atoms with Crippen molar-refractivity contribution in [1.82, 2.24) is 0 Å². The van der Waals surface area contributed by atoms with E-state index < -0.39 is 0 Å². The Hall–Kier alpha value is -0.120. The molecule has 4 atom stereocenters. The van der Waals surface area contributed by atoms with E-state index in [2.05, 4.69) is 27.7 Å². The van der Waals surface area contributed by atoms with E-state index in [9.17, 15) is 0 Å². The van der Waals surface area contributed by atoms with Gasteiger partial charge >= 0.3 is 0 Å². The third-order valence-electron chi connectivity index (χ3n) is 12.1. The summed E-state index contributed by atoms with van der Waals surface area (Å²) in [5.74, 6) is 0. The Morgan fingerprint density at radius 3 is 0.694 bits per heavy atom. The van der Waals surface area contributed by atoms with E-state index in [1.54, 1.807) is 0 Å². The van der Waals surface area contributed by atoms with Crippen LogP contribution in [0.3, 0.4) is 0 Å². The first-order valence-electron chi connectivity index (χ1n) is 23.1. The largest absolute Gasteiger partial charge is 0.370 e. The normalized spacial score (nSPS) is 19.6. The highest BCUT2D eigenvalue weighted by Crippen LogP contribution is 2.47. The minimum absolute atomic E-state index is 0.114. The number of ether oxygens (including phenoxy) is 3. The van der Waals surface area contributed by atoms with Crippen molar-refractivity contribution in [3.63, 3.8) is 0 Å². The topological polar surface area (TPSA) is 34.3 Å². The van der Waals surface area contributed by atoms with Crippen LogP contribution in [0.2, 0.25) is 0 Å². The van der Waals surface area contributed by atoms with E-state index in [0.29, 0.717) is 12.2 Å². The van der Waals surface area contributed by atoms with Crippen LogP contribution in [0.25, 0.3) is 0 Å². The molecule has 2 fully saturated rings. The summed E-state index contributed by atoms with van der Waals surface area (Å²) in [7, 11) is 0. The summed E-state index contributed by atoms with van der Waals surface area (Å²) in [6.07, 6.45) is 49.4. The van der Waals surface area contributed by atoms with Gasteiger partial charge in [-0.2, -0.15) is 0 Å². The first kappa shape index (κ1) is 45.0. The van der Waals surface area contributed by atoms with Gasteiger partial charge in [-0.05, 0) is 25.7 Å². The Morgan fingerprint density at radius 2 is 0.510 bits per heavy atom. The smallest absolute Gasteiger partial charge is 0.110 e. The van der Waals surface area contributed by atoms with Gasteiger partial charge in [-0.25, -0.2) is 0 Å². The number of hydrogen-bond acceptors (Lipinski definition) is 3. The van der Waals surface area contributed by atoms with E-state index in [0.717, 1.165) is 13.2 Å². The maximum Gasteiger partial charge on any atom is 0.110 e. The minimum atomic E-state index is -0.114. The molecule has 0 aromatic rings. The summed E-state index contributed by atoms with van der Waals surface area (Å²) in [5, 5.41) is 0. The molecule has 2 aliphatic rings. The Bertz CT molecular complexity index is 644. The van der Waals surface area contributed by atoms with Crippen molar-refractivity contribution < 1.29 is 14.2 Å². The summed E-state index contributed by atoms with van der Waals surface area (Å²) >= 11 is 0. The van der Waals surface area contributed by atoms with Crippen molar-refractivity contribution in [2.75, 3.05) is 13.2 Å². The van der Waals surface area contributed by atoms with Crippen LogP contribution >= 0.6 is 0 Å². The number of rotatable bonds is 40. The molecule has 49 heavy (non-hydrogen) atoms. The van der Waals surface area contributed by atoms with Crippen LogP contribution in [0.5, 0.6) is 0 Å². The molecule has 0 spiro atoms. The van der Waals surface area contributed by atoms with Gasteiger partial charge in [-0.15, -0.1) is 0 Å². The first-order chi connectivity index (χ1) is 24.2. The molecular weight excluding hydrogens is 601 g/mol. The van der Waals surface area contributed by atoms with E-state index in [1.165, 1.54) is 231 Å². The molecule has 0 saturated carbocycles. The molecule has 3 nitrogen and oxygen atoms in total. The molecule has 0 aromatic heterocycles. The van der Waals surface area contributed by atoms with Crippen molar-refractivity contribution in [2.24, 2.45) is 0 Å². The predicted octanol–water partition coefficient (Wildman–Crippen LogP) is 15.4. The second kappa shape index (κ2) is 30.4. The van der Waals surface area contributed by atoms with E-state index >= 15 is 0 Å². The van der Waals surface area contributed by atoms with Gasteiger partial charge in [0, 0.05) is 0 Å². The fourth-order valence-corrected chi connectivity index (χ4v) is 8.57. The zero-order valence-electron chi connectivity index (χ0n) is 34.2. The van der Waals surface area contributed by atoms with Gasteiger partial charge in [-0.1, -0.05) is 233 Å². The molecule has 2 rings (SSSR count).